The van der Waals surface area contributed by atoms with Crippen molar-refractivity contribution in [2.75, 3.05) is 0 Å². The predicted octanol–water partition coefficient (Wildman–Crippen LogP) is 3.22. The van der Waals surface area contributed by atoms with Crippen LogP contribution in [0.25, 0.3) is 10.9 Å². The Bertz CT molecular complexity index is 614. The van der Waals surface area contributed by atoms with Crippen LogP contribution in [0.5, 0.6) is 0 Å². The normalized spacial score (nSPS) is 18.3. The van der Waals surface area contributed by atoms with E-state index in [1.807, 2.05) is 18.2 Å². The summed E-state index contributed by atoms with van der Waals surface area (Å²) in [5, 5.41) is 17.6. The Kier molecular flexibility index (Phi) is 2.66. The first-order valence-corrected chi connectivity index (χ1v) is 6.81. The van der Waals surface area contributed by atoms with E-state index in [0.29, 0.717) is 12.8 Å². The Labute approximate surface area is 113 Å². The molecule has 0 unspecified atom stereocenters. The first kappa shape index (κ1) is 11.7. The zero-order valence-electron chi connectivity index (χ0n) is 9.74. The van der Waals surface area contributed by atoms with Crippen LogP contribution in [0.3, 0.4) is 0 Å². The van der Waals surface area contributed by atoms with Crippen LogP contribution in [0, 0.1) is 0 Å². The fourth-order valence-corrected chi connectivity index (χ4v) is 3.51. The molecule has 0 radical (unpaired) electrons. The molecule has 2 aromatic rings. The van der Waals surface area contributed by atoms with Crippen molar-refractivity contribution in [3.63, 3.8) is 0 Å². The fourth-order valence-electron chi connectivity index (χ4n) is 3.00. The standard InChI is InChI=1S/C13H13BrN2O2/c14-11-10-8(4-3-5-9(10)15-16-11)13(12(17)18)6-1-2-7-13/h3-5H,1-2,6-7H2,(H,15,16)(H,17,18). The van der Waals surface area contributed by atoms with Gasteiger partial charge in [-0.1, -0.05) is 25.0 Å². The van der Waals surface area contributed by atoms with Crippen molar-refractivity contribution in [1.29, 1.82) is 0 Å². The van der Waals surface area contributed by atoms with Gasteiger partial charge in [0, 0.05) is 5.39 Å². The number of carboxylic acids is 1. The van der Waals surface area contributed by atoms with E-state index in [1.165, 1.54) is 0 Å². The molecule has 0 amide bonds. The molecule has 1 aliphatic carbocycles. The summed E-state index contributed by atoms with van der Waals surface area (Å²) in [6, 6.07) is 5.70. The lowest BCUT2D eigenvalue weighted by molar-refractivity contribution is -0.143. The molecule has 5 heteroatoms. The quantitative estimate of drug-likeness (QED) is 0.895. The number of aliphatic carboxylic acids is 1. The van der Waals surface area contributed by atoms with Crippen molar-refractivity contribution < 1.29 is 9.90 Å². The number of nitrogens with one attached hydrogen (secondary N) is 1. The maximum absolute atomic E-state index is 11.8. The summed E-state index contributed by atoms with van der Waals surface area (Å²) < 4.78 is 0.764. The van der Waals surface area contributed by atoms with Crippen LogP contribution in [-0.4, -0.2) is 21.3 Å². The van der Waals surface area contributed by atoms with E-state index in [-0.39, 0.29) is 0 Å². The number of rotatable bonds is 2. The number of hydrogen-bond acceptors (Lipinski definition) is 2. The molecule has 1 aromatic carbocycles. The van der Waals surface area contributed by atoms with Crippen LogP contribution in [0.4, 0.5) is 0 Å². The number of hydrogen-bond donors (Lipinski definition) is 2. The Hall–Kier alpha value is -1.36. The molecule has 0 atom stereocenters. The molecule has 94 valence electrons. The van der Waals surface area contributed by atoms with Gasteiger partial charge in [0.15, 0.2) is 0 Å². The Balaban J connectivity index is 2.30. The van der Waals surface area contributed by atoms with Gasteiger partial charge in [-0.2, -0.15) is 5.10 Å². The summed E-state index contributed by atoms with van der Waals surface area (Å²) >= 11 is 3.43. The smallest absolute Gasteiger partial charge is 0.314 e. The number of H-pyrrole nitrogens is 1. The van der Waals surface area contributed by atoms with E-state index in [0.717, 1.165) is 33.9 Å². The second-order valence-electron chi connectivity index (χ2n) is 4.83. The van der Waals surface area contributed by atoms with Gasteiger partial charge in [0.25, 0.3) is 0 Å². The second-order valence-corrected chi connectivity index (χ2v) is 5.62. The van der Waals surface area contributed by atoms with Gasteiger partial charge in [0.1, 0.15) is 4.60 Å². The highest BCUT2D eigenvalue weighted by molar-refractivity contribution is 9.10. The molecule has 0 aliphatic heterocycles. The van der Waals surface area contributed by atoms with Crippen LogP contribution in [0.2, 0.25) is 0 Å². The van der Waals surface area contributed by atoms with Crippen molar-refractivity contribution >= 4 is 32.8 Å². The van der Waals surface area contributed by atoms with Crippen LogP contribution in [-0.2, 0) is 10.2 Å². The summed E-state index contributed by atoms with van der Waals surface area (Å²) in [5.74, 6) is -0.722. The molecule has 1 saturated carbocycles. The molecule has 3 rings (SSSR count). The zero-order chi connectivity index (χ0) is 12.8. The van der Waals surface area contributed by atoms with Gasteiger partial charge in [-0.15, -0.1) is 0 Å². The predicted molar refractivity (Wildman–Crippen MR) is 71.6 cm³/mol. The minimum atomic E-state index is -0.744. The highest BCUT2D eigenvalue weighted by atomic mass is 79.9. The summed E-state index contributed by atoms with van der Waals surface area (Å²) in [6.45, 7) is 0. The molecular weight excluding hydrogens is 296 g/mol. The minimum absolute atomic E-state index is 0.707. The molecule has 4 nitrogen and oxygen atoms in total. The van der Waals surface area contributed by atoms with Crippen molar-refractivity contribution in [2.24, 2.45) is 0 Å². The molecule has 0 saturated heterocycles. The number of halogens is 1. The number of aromatic nitrogens is 2. The van der Waals surface area contributed by atoms with Crippen molar-refractivity contribution in [2.45, 2.75) is 31.1 Å². The molecule has 2 N–H and O–H groups in total. The number of carbonyl (C=O) groups is 1. The van der Waals surface area contributed by atoms with E-state index < -0.39 is 11.4 Å². The van der Waals surface area contributed by atoms with Gasteiger partial charge in [-0.05, 0) is 40.4 Å². The third-order valence-corrected chi connectivity index (χ3v) is 4.49. The largest absolute Gasteiger partial charge is 0.481 e. The molecular formula is C13H13BrN2O2. The topological polar surface area (TPSA) is 66.0 Å². The zero-order valence-corrected chi connectivity index (χ0v) is 11.3. The first-order chi connectivity index (χ1) is 8.65. The van der Waals surface area contributed by atoms with Gasteiger partial charge in [-0.3, -0.25) is 9.89 Å². The highest BCUT2D eigenvalue weighted by Gasteiger charge is 2.44. The monoisotopic (exact) mass is 308 g/mol. The molecule has 1 fully saturated rings. The van der Waals surface area contributed by atoms with Gasteiger partial charge in [0.2, 0.25) is 0 Å². The lowest BCUT2D eigenvalue weighted by Crippen LogP contribution is -2.32. The fraction of sp³-hybridized carbons (Fsp3) is 0.385. The third kappa shape index (κ3) is 1.50. The lowest BCUT2D eigenvalue weighted by atomic mass is 9.77. The highest BCUT2D eigenvalue weighted by Crippen LogP contribution is 2.45. The van der Waals surface area contributed by atoms with Crippen LogP contribution >= 0.6 is 15.9 Å². The van der Waals surface area contributed by atoms with E-state index in [1.54, 1.807) is 0 Å². The lowest BCUT2D eigenvalue weighted by Gasteiger charge is -2.25. The van der Waals surface area contributed by atoms with E-state index >= 15 is 0 Å². The summed E-state index contributed by atoms with van der Waals surface area (Å²) in [5.41, 5.74) is 0.948. The summed E-state index contributed by atoms with van der Waals surface area (Å²) in [6.07, 6.45) is 3.36. The van der Waals surface area contributed by atoms with Gasteiger partial charge in [-0.25, -0.2) is 0 Å². The Morgan fingerprint density at radius 3 is 2.78 bits per heavy atom. The van der Waals surface area contributed by atoms with Crippen LogP contribution < -0.4 is 0 Å². The van der Waals surface area contributed by atoms with Gasteiger partial charge < -0.3 is 5.11 Å². The summed E-state index contributed by atoms with van der Waals surface area (Å²) in [7, 11) is 0. The SMILES string of the molecule is O=C(O)C1(c2cccc3n[nH]c(Br)c23)CCCC1. The number of benzene rings is 1. The average molecular weight is 309 g/mol. The van der Waals surface area contributed by atoms with Crippen molar-refractivity contribution in [1.82, 2.24) is 10.2 Å². The summed E-state index contributed by atoms with van der Waals surface area (Å²) in [4.78, 5) is 11.8. The number of fused-ring (bicyclic) bond motifs is 1. The van der Waals surface area contributed by atoms with E-state index in [4.69, 9.17) is 0 Å². The molecule has 0 bridgehead atoms. The second kappa shape index (κ2) is 4.09. The Morgan fingerprint density at radius 2 is 2.11 bits per heavy atom. The molecule has 0 spiro atoms. The molecule has 18 heavy (non-hydrogen) atoms. The average Bonchev–Trinajstić information content (AvgIpc) is 2.97. The minimum Gasteiger partial charge on any atom is -0.481 e. The molecule has 1 aliphatic rings. The van der Waals surface area contributed by atoms with Gasteiger partial charge in [0.05, 0.1) is 10.9 Å². The Morgan fingerprint density at radius 1 is 1.39 bits per heavy atom. The van der Waals surface area contributed by atoms with Gasteiger partial charge >= 0.3 is 5.97 Å². The first-order valence-electron chi connectivity index (χ1n) is 6.02. The van der Waals surface area contributed by atoms with Crippen molar-refractivity contribution in [3.8, 4) is 0 Å². The van der Waals surface area contributed by atoms with Crippen molar-refractivity contribution in [3.05, 3.63) is 28.4 Å². The van der Waals surface area contributed by atoms with E-state index in [9.17, 15) is 9.90 Å². The maximum Gasteiger partial charge on any atom is 0.314 e. The molecule has 1 aromatic heterocycles. The van der Waals surface area contributed by atoms with E-state index in [2.05, 4.69) is 26.1 Å². The number of nitrogens with zero attached hydrogens (tertiary/aromatic N) is 1. The van der Waals surface area contributed by atoms with Crippen LogP contribution in [0.15, 0.2) is 22.8 Å². The third-order valence-electron chi connectivity index (χ3n) is 3.92. The van der Waals surface area contributed by atoms with Crippen LogP contribution in [0.1, 0.15) is 31.2 Å². The number of carboxylic acid groups (broad SMARTS) is 1. The maximum atomic E-state index is 11.8. The molecule has 1 heterocycles. The number of aromatic amines is 1.